The number of nitrogens with two attached hydrogens (primary N) is 1. The van der Waals surface area contributed by atoms with Gasteiger partial charge in [0.05, 0.1) is 24.4 Å². The lowest BCUT2D eigenvalue weighted by atomic mass is 10.0. The fraction of sp³-hybridized carbons (Fsp3) is 0.438. The molecule has 0 aliphatic carbocycles. The summed E-state index contributed by atoms with van der Waals surface area (Å²) in [5.74, 6) is 0.0136. The number of anilines is 1. The number of thiophene rings is 1. The van der Waals surface area contributed by atoms with Gasteiger partial charge < -0.3 is 15.4 Å². The largest absolute Gasteiger partial charge is 0.397 e. The fourth-order valence-corrected chi connectivity index (χ4v) is 3.80. The molecule has 2 N–H and O–H groups in total. The second-order valence-electron chi connectivity index (χ2n) is 6.17. The maximum Gasteiger partial charge on any atom is 0.266 e. The van der Waals surface area contributed by atoms with Crippen molar-refractivity contribution in [2.24, 2.45) is 0 Å². The van der Waals surface area contributed by atoms with Crippen LogP contribution in [0, 0.1) is 6.92 Å². The van der Waals surface area contributed by atoms with Gasteiger partial charge in [-0.2, -0.15) is 0 Å². The van der Waals surface area contributed by atoms with Crippen molar-refractivity contribution in [1.29, 1.82) is 0 Å². The topological polar surface area (TPSA) is 55.6 Å². The Morgan fingerprint density at radius 2 is 2.19 bits per heavy atom. The van der Waals surface area contributed by atoms with Gasteiger partial charge in [-0.15, -0.1) is 11.3 Å². The van der Waals surface area contributed by atoms with E-state index in [0.717, 1.165) is 15.6 Å². The van der Waals surface area contributed by atoms with Gasteiger partial charge in [0.1, 0.15) is 4.88 Å². The third-order valence-electron chi connectivity index (χ3n) is 3.97. The molecule has 2 heterocycles. The quantitative estimate of drug-likeness (QED) is 0.881. The zero-order chi connectivity index (χ0) is 15.2. The summed E-state index contributed by atoms with van der Waals surface area (Å²) in [4.78, 5) is 15.4. The van der Waals surface area contributed by atoms with Crippen molar-refractivity contribution in [3.63, 3.8) is 0 Å². The standard InChI is InChI=1S/C16H20N2O2S/c1-10-4-5-12-11(8-10)13(17)14(21-12)15(19)18-6-7-20-9-16(18,2)3/h4-5,8H,6-7,9,17H2,1-3H3. The highest BCUT2D eigenvalue weighted by atomic mass is 32.1. The first-order valence-corrected chi connectivity index (χ1v) is 7.90. The molecule has 2 aromatic rings. The molecular formula is C16H20N2O2S. The van der Waals surface area contributed by atoms with E-state index in [0.29, 0.717) is 30.3 Å². The summed E-state index contributed by atoms with van der Waals surface area (Å²) in [5.41, 5.74) is 7.69. The average Bonchev–Trinajstić information content (AvgIpc) is 2.75. The molecule has 5 heteroatoms. The molecule has 1 aromatic heterocycles. The number of morpholine rings is 1. The summed E-state index contributed by atoms with van der Waals surface area (Å²) in [6.45, 7) is 7.83. The van der Waals surface area contributed by atoms with Crippen LogP contribution in [0.25, 0.3) is 10.1 Å². The van der Waals surface area contributed by atoms with Gasteiger partial charge in [-0.3, -0.25) is 4.79 Å². The van der Waals surface area contributed by atoms with E-state index in [4.69, 9.17) is 10.5 Å². The van der Waals surface area contributed by atoms with E-state index in [-0.39, 0.29) is 11.4 Å². The fourth-order valence-electron chi connectivity index (χ4n) is 2.75. The number of nitrogens with zero attached hydrogens (tertiary/aromatic N) is 1. The van der Waals surface area contributed by atoms with Crippen molar-refractivity contribution in [1.82, 2.24) is 4.90 Å². The van der Waals surface area contributed by atoms with E-state index in [1.54, 1.807) is 0 Å². The molecular weight excluding hydrogens is 284 g/mol. The Bertz CT molecular complexity index is 706. The van der Waals surface area contributed by atoms with E-state index < -0.39 is 0 Å². The number of benzene rings is 1. The molecule has 112 valence electrons. The predicted molar refractivity (Wildman–Crippen MR) is 86.9 cm³/mol. The molecule has 0 radical (unpaired) electrons. The van der Waals surface area contributed by atoms with E-state index in [1.807, 2.05) is 43.9 Å². The highest BCUT2D eigenvalue weighted by Crippen LogP contribution is 2.36. The number of hydrogen-bond acceptors (Lipinski definition) is 4. The van der Waals surface area contributed by atoms with Crippen molar-refractivity contribution in [2.75, 3.05) is 25.5 Å². The lowest BCUT2D eigenvalue weighted by Crippen LogP contribution is -2.55. The van der Waals surface area contributed by atoms with Gasteiger partial charge >= 0.3 is 0 Å². The van der Waals surface area contributed by atoms with Crippen molar-refractivity contribution >= 4 is 33.0 Å². The molecule has 1 amide bonds. The van der Waals surface area contributed by atoms with Gasteiger partial charge in [-0.1, -0.05) is 11.6 Å². The highest BCUT2D eigenvalue weighted by molar-refractivity contribution is 7.21. The molecule has 1 aromatic carbocycles. The monoisotopic (exact) mass is 304 g/mol. The van der Waals surface area contributed by atoms with Crippen LogP contribution >= 0.6 is 11.3 Å². The van der Waals surface area contributed by atoms with Gasteiger partial charge in [0.2, 0.25) is 0 Å². The molecule has 0 spiro atoms. The van der Waals surface area contributed by atoms with Crippen molar-refractivity contribution in [2.45, 2.75) is 26.3 Å². The number of hydrogen-bond donors (Lipinski definition) is 1. The van der Waals surface area contributed by atoms with E-state index in [2.05, 4.69) is 0 Å². The summed E-state index contributed by atoms with van der Waals surface area (Å²) in [5, 5.41) is 0.981. The Hall–Kier alpha value is -1.59. The van der Waals surface area contributed by atoms with E-state index in [9.17, 15) is 4.79 Å². The molecule has 1 aliphatic heterocycles. The molecule has 3 rings (SSSR count). The number of nitrogen functional groups attached to an aromatic ring is 1. The summed E-state index contributed by atoms with van der Waals surface area (Å²) >= 11 is 1.48. The van der Waals surface area contributed by atoms with E-state index in [1.165, 1.54) is 11.3 Å². The van der Waals surface area contributed by atoms with Crippen LogP contribution in [0.1, 0.15) is 29.1 Å². The Balaban J connectivity index is 2.03. The summed E-state index contributed by atoms with van der Waals surface area (Å²) < 4.78 is 6.55. The smallest absolute Gasteiger partial charge is 0.266 e. The first kappa shape index (κ1) is 14.4. The highest BCUT2D eigenvalue weighted by Gasteiger charge is 2.36. The van der Waals surface area contributed by atoms with Gasteiger partial charge in [-0.25, -0.2) is 0 Å². The van der Waals surface area contributed by atoms with Gasteiger partial charge in [0, 0.05) is 16.6 Å². The molecule has 0 bridgehead atoms. The molecule has 0 atom stereocenters. The van der Waals surface area contributed by atoms with Crippen LogP contribution in [0.15, 0.2) is 18.2 Å². The lowest BCUT2D eigenvalue weighted by Gasteiger charge is -2.41. The summed E-state index contributed by atoms with van der Waals surface area (Å²) in [6.07, 6.45) is 0. The minimum atomic E-state index is -0.298. The molecule has 0 unspecified atom stereocenters. The van der Waals surface area contributed by atoms with Crippen LogP contribution in [-0.2, 0) is 4.74 Å². The van der Waals surface area contributed by atoms with Crippen LogP contribution in [0.2, 0.25) is 0 Å². The van der Waals surface area contributed by atoms with Gasteiger partial charge in [0.25, 0.3) is 5.91 Å². The van der Waals surface area contributed by atoms with Crippen molar-refractivity contribution < 1.29 is 9.53 Å². The number of carbonyl (C=O) groups excluding carboxylic acids is 1. The number of fused-ring (bicyclic) bond motifs is 1. The minimum absolute atomic E-state index is 0.0136. The average molecular weight is 304 g/mol. The van der Waals surface area contributed by atoms with Crippen LogP contribution < -0.4 is 5.73 Å². The lowest BCUT2D eigenvalue weighted by molar-refractivity contribution is -0.0368. The Kier molecular flexibility index (Phi) is 3.42. The zero-order valence-electron chi connectivity index (χ0n) is 12.6. The molecule has 4 nitrogen and oxygen atoms in total. The van der Waals surface area contributed by atoms with E-state index >= 15 is 0 Å². The molecule has 21 heavy (non-hydrogen) atoms. The SMILES string of the molecule is Cc1ccc2sc(C(=O)N3CCOCC3(C)C)c(N)c2c1. The van der Waals surface area contributed by atoms with Gasteiger partial charge in [-0.05, 0) is 32.9 Å². The number of ether oxygens (including phenoxy) is 1. The van der Waals surface area contributed by atoms with Crippen LogP contribution in [-0.4, -0.2) is 36.1 Å². The zero-order valence-corrected chi connectivity index (χ0v) is 13.4. The second kappa shape index (κ2) is 5.00. The second-order valence-corrected chi connectivity index (χ2v) is 7.22. The first-order valence-electron chi connectivity index (χ1n) is 7.08. The third kappa shape index (κ3) is 2.40. The van der Waals surface area contributed by atoms with Crippen LogP contribution in [0.3, 0.4) is 0 Å². The first-order chi connectivity index (χ1) is 9.90. The number of aryl methyl sites for hydroxylation is 1. The summed E-state index contributed by atoms with van der Waals surface area (Å²) in [6, 6.07) is 6.13. The van der Waals surface area contributed by atoms with Crippen LogP contribution in [0.4, 0.5) is 5.69 Å². The minimum Gasteiger partial charge on any atom is -0.397 e. The third-order valence-corrected chi connectivity index (χ3v) is 5.14. The Morgan fingerprint density at radius 3 is 2.90 bits per heavy atom. The normalized spacial score (nSPS) is 18.1. The predicted octanol–water partition coefficient (Wildman–Crippen LogP) is 3.04. The molecule has 1 fully saturated rings. The number of amides is 1. The van der Waals surface area contributed by atoms with Gasteiger partial charge in [0.15, 0.2) is 0 Å². The number of rotatable bonds is 1. The van der Waals surface area contributed by atoms with Crippen LogP contribution in [0.5, 0.6) is 0 Å². The number of carbonyl (C=O) groups is 1. The molecule has 1 saturated heterocycles. The Labute approximate surface area is 128 Å². The summed E-state index contributed by atoms with van der Waals surface area (Å²) in [7, 11) is 0. The maximum atomic E-state index is 12.9. The Morgan fingerprint density at radius 1 is 1.43 bits per heavy atom. The maximum absolute atomic E-state index is 12.9. The molecule has 1 aliphatic rings. The van der Waals surface area contributed by atoms with Crippen molar-refractivity contribution in [3.8, 4) is 0 Å². The van der Waals surface area contributed by atoms with Crippen molar-refractivity contribution in [3.05, 3.63) is 28.6 Å². The molecule has 0 saturated carbocycles.